The number of nitrogens with one attached hydrogen (secondary N) is 1. The van der Waals surface area contributed by atoms with E-state index in [1.54, 1.807) is 13.0 Å². The molecule has 1 rings (SSSR count). The number of benzene rings is 1. The van der Waals surface area contributed by atoms with Crippen LogP contribution in [0.15, 0.2) is 18.2 Å². The summed E-state index contributed by atoms with van der Waals surface area (Å²) in [5.74, 6) is -0.742. The summed E-state index contributed by atoms with van der Waals surface area (Å²) in [5.41, 5.74) is 1.16. The van der Waals surface area contributed by atoms with Crippen LogP contribution in [0.1, 0.15) is 109 Å². The summed E-state index contributed by atoms with van der Waals surface area (Å²) in [7, 11) is 0. The van der Waals surface area contributed by atoms with Crippen LogP contribution < -0.4 is 5.32 Å². The van der Waals surface area contributed by atoms with Crippen molar-refractivity contribution in [3.63, 3.8) is 0 Å². The Hall–Kier alpha value is -1.58. The van der Waals surface area contributed by atoms with Crippen molar-refractivity contribution >= 4 is 11.7 Å². The highest BCUT2D eigenvalue weighted by Crippen LogP contribution is 2.16. The van der Waals surface area contributed by atoms with Crippen molar-refractivity contribution in [3.8, 4) is 0 Å². The molecule has 1 aromatic carbocycles. The lowest BCUT2D eigenvalue weighted by molar-refractivity contribution is -0.142. The number of anilines is 1. The summed E-state index contributed by atoms with van der Waals surface area (Å²) in [6.45, 7) is 5.19. The van der Waals surface area contributed by atoms with Gasteiger partial charge in [-0.05, 0) is 31.0 Å². The maximum Gasteiger partial charge on any atom is 0.310 e. The summed E-state index contributed by atoms with van der Waals surface area (Å²) >= 11 is 0. The van der Waals surface area contributed by atoms with Gasteiger partial charge in [0.2, 0.25) is 0 Å². The zero-order valence-corrected chi connectivity index (χ0v) is 19.4. The van der Waals surface area contributed by atoms with Gasteiger partial charge < -0.3 is 10.1 Å². The van der Waals surface area contributed by atoms with Crippen LogP contribution in [0, 0.1) is 5.82 Å². The van der Waals surface area contributed by atoms with Crippen LogP contribution in [0.5, 0.6) is 0 Å². The average molecular weight is 422 g/mol. The molecular formula is C26H44FNO2. The average Bonchev–Trinajstić information content (AvgIpc) is 2.73. The van der Waals surface area contributed by atoms with Crippen LogP contribution in [-0.2, 0) is 16.0 Å². The second-order valence-corrected chi connectivity index (χ2v) is 8.31. The Balaban J connectivity index is 1.97. The third kappa shape index (κ3) is 13.6. The summed E-state index contributed by atoms with van der Waals surface area (Å²) in [5, 5.41) is 3.28. The molecule has 0 amide bonds. The van der Waals surface area contributed by atoms with Crippen molar-refractivity contribution in [2.75, 3.05) is 18.5 Å². The molecule has 0 aromatic heterocycles. The largest absolute Gasteiger partial charge is 0.466 e. The van der Waals surface area contributed by atoms with Gasteiger partial charge in [0, 0.05) is 12.2 Å². The number of hydrogen-bond donors (Lipinski definition) is 1. The third-order valence-electron chi connectivity index (χ3n) is 5.55. The molecule has 30 heavy (non-hydrogen) atoms. The number of carbonyl (C=O) groups excluding carboxylic acids is 1. The first kappa shape index (κ1) is 26.5. The molecule has 3 nitrogen and oxygen atoms in total. The van der Waals surface area contributed by atoms with Crippen molar-refractivity contribution < 1.29 is 13.9 Å². The maximum absolute atomic E-state index is 14.1. The van der Waals surface area contributed by atoms with E-state index in [1.807, 2.05) is 6.07 Å². The zero-order valence-electron chi connectivity index (χ0n) is 19.4. The number of hydrogen-bond acceptors (Lipinski definition) is 3. The van der Waals surface area contributed by atoms with Gasteiger partial charge in [0.1, 0.15) is 5.82 Å². The van der Waals surface area contributed by atoms with Crippen LogP contribution in [0.4, 0.5) is 10.1 Å². The lowest BCUT2D eigenvalue weighted by Gasteiger charge is -2.09. The fraction of sp³-hybridized carbons (Fsp3) is 0.731. The Morgan fingerprint density at radius 3 is 1.87 bits per heavy atom. The van der Waals surface area contributed by atoms with Crippen LogP contribution in [0.25, 0.3) is 0 Å². The number of unbranched alkanes of at least 4 members (excludes halogenated alkanes) is 13. The molecule has 172 valence electrons. The van der Waals surface area contributed by atoms with E-state index in [4.69, 9.17) is 4.74 Å². The molecule has 0 atom stereocenters. The number of carbonyl (C=O) groups is 1. The Morgan fingerprint density at radius 2 is 1.37 bits per heavy atom. The highest BCUT2D eigenvalue weighted by atomic mass is 19.1. The van der Waals surface area contributed by atoms with Crippen molar-refractivity contribution in [3.05, 3.63) is 29.6 Å². The molecule has 0 radical (unpaired) electrons. The molecule has 0 fully saturated rings. The molecule has 0 unspecified atom stereocenters. The van der Waals surface area contributed by atoms with Crippen molar-refractivity contribution in [2.45, 2.75) is 110 Å². The van der Waals surface area contributed by atoms with Gasteiger partial charge in [0.05, 0.1) is 13.0 Å². The van der Waals surface area contributed by atoms with Crippen LogP contribution in [0.3, 0.4) is 0 Å². The van der Waals surface area contributed by atoms with E-state index in [2.05, 4.69) is 12.2 Å². The SMILES string of the molecule is CCCCCCCCCCCCCCCCNc1ccc(CC(=O)OCC)c(F)c1. The number of rotatable bonds is 19. The topological polar surface area (TPSA) is 38.3 Å². The van der Waals surface area contributed by atoms with Crippen LogP contribution in [0.2, 0.25) is 0 Å². The Bertz CT molecular complexity index is 562. The first-order valence-electron chi connectivity index (χ1n) is 12.3. The molecule has 0 aliphatic rings. The maximum atomic E-state index is 14.1. The molecule has 1 N–H and O–H groups in total. The molecule has 0 bridgehead atoms. The monoisotopic (exact) mass is 421 g/mol. The van der Waals surface area contributed by atoms with Gasteiger partial charge in [-0.25, -0.2) is 4.39 Å². The molecule has 0 spiro atoms. The van der Waals surface area contributed by atoms with E-state index in [-0.39, 0.29) is 18.2 Å². The van der Waals surface area contributed by atoms with Gasteiger partial charge in [-0.1, -0.05) is 96.5 Å². The van der Waals surface area contributed by atoms with E-state index in [0.717, 1.165) is 18.7 Å². The molecule has 0 heterocycles. The molecule has 4 heteroatoms. The van der Waals surface area contributed by atoms with Crippen molar-refractivity contribution in [2.24, 2.45) is 0 Å². The van der Waals surface area contributed by atoms with E-state index >= 15 is 0 Å². The highest BCUT2D eigenvalue weighted by Gasteiger charge is 2.09. The van der Waals surface area contributed by atoms with Gasteiger partial charge in [0.25, 0.3) is 0 Å². The standard InChI is InChI=1S/C26H44FNO2/c1-3-5-6-7-8-9-10-11-12-13-14-15-16-17-20-28-24-19-18-23(25(27)22-24)21-26(29)30-4-2/h18-19,22,28H,3-17,20-21H2,1-2H3. The quantitative estimate of drug-likeness (QED) is 0.183. The normalized spacial score (nSPS) is 10.9. The van der Waals surface area contributed by atoms with Gasteiger partial charge in [-0.3, -0.25) is 4.79 Å². The minimum Gasteiger partial charge on any atom is -0.466 e. The highest BCUT2D eigenvalue weighted by molar-refractivity contribution is 5.72. The van der Waals surface area contributed by atoms with E-state index < -0.39 is 0 Å². The second-order valence-electron chi connectivity index (χ2n) is 8.31. The minimum absolute atomic E-state index is 0.0150. The Labute approximate surface area is 184 Å². The predicted octanol–water partition coefficient (Wildman–Crippen LogP) is 7.82. The Morgan fingerprint density at radius 1 is 0.833 bits per heavy atom. The molecule has 1 aromatic rings. The fourth-order valence-electron chi connectivity index (χ4n) is 3.72. The summed E-state index contributed by atoms with van der Waals surface area (Å²) in [4.78, 5) is 11.5. The summed E-state index contributed by atoms with van der Waals surface area (Å²) in [6.07, 6.45) is 18.9. The minimum atomic E-state index is -0.389. The first-order valence-corrected chi connectivity index (χ1v) is 12.3. The van der Waals surface area contributed by atoms with Gasteiger partial charge in [0.15, 0.2) is 0 Å². The molecule has 0 saturated carbocycles. The van der Waals surface area contributed by atoms with Crippen LogP contribution >= 0.6 is 0 Å². The molecule has 0 aliphatic carbocycles. The molecule has 0 saturated heterocycles. The summed E-state index contributed by atoms with van der Waals surface area (Å²) in [6, 6.07) is 4.97. The number of halogens is 1. The van der Waals surface area contributed by atoms with E-state index in [1.165, 1.54) is 89.5 Å². The van der Waals surface area contributed by atoms with Crippen LogP contribution in [-0.4, -0.2) is 19.1 Å². The first-order chi connectivity index (χ1) is 14.7. The van der Waals surface area contributed by atoms with Crippen molar-refractivity contribution in [1.29, 1.82) is 0 Å². The summed E-state index contributed by atoms with van der Waals surface area (Å²) < 4.78 is 19.0. The lowest BCUT2D eigenvalue weighted by atomic mass is 10.0. The fourth-order valence-corrected chi connectivity index (χ4v) is 3.72. The predicted molar refractivity (Wildman–Crippen MR) is 126 cm³/mol. The van der Waals surface area contributed by atoms with Gasteiger partial charge in [-0.2, -0.15) is 0 Å². The van der Waals surface area contributed by atoms with Gasteiger partial charge >= 0.3 is 5.97 Å². The van der Waals surface area contributed by atoms with Gasteiger partial charge in [-0.15, -0.1) is 0 Å². The van der Waals surface area contributed by atoms with E-state index in [9.17, 15) is 9.18 Å². The van der Waals surface area contributed by atoms with Crippen molar-refractivity contribution in [1.82, 2.24) is 0 Å². The smallest absolute Gasteiger partial charge is 0.310 e. The van der Waals surface area contributed by atoms with E-state index in [0.29, 0.717) is 12.2 Å². The third-order valence-corrected chi connectivity index (χ3v) is 5.55. The number of esters is 1. The molecule has 0 aliphatic heterocycles. The zero-order chi connectivity index (χ0) is 21.9. The molecular weight excluding hydrogens is 377 g/mol. The lowest BCUT2D eigenvalue weighted by Crippen LogP contribution is -2.09. The Kier molecular flexibility index (Phi) is 16.1. The number of ether oxygens (including phenoxy) is 1. The second kappa shape index (κ2) is 18.2.